The van der Waals surface area contributed by atoms with Gasteiger partial charge in [0.25, 0.3) is 0 Å². The third-order valence-electron chi connectivity index (χ3n) is 3.79. The zero-order chi connectivity index (χ0) is 15.4. The van der Waals surface area contributed by atoms with Crippen LogP contribution in [0.15, 0.2) is 34.6 Å². The second-order valence-corrected chi connectivity index (χ2v) is 6.38. The lowest BCUT2D eigenvalue weighted by atomic mass is 10.2. The number of guanidine groups is 1. The first kappa shape index (κ1) is 18.1. The van der Waals surface area contributed by atoms with E-state index in [1.54, 1.807) is 18.2 Å². The molecule has 3 rings (SSSR count). The molecule has 3 N–H and O–H groups in total. The van der Waals surface area contributed by atoms with E-state index in [2.05, 4.69) is 15.3 Å². The van der Waals surface area contributed by atoms with Crippen LogP contribution in [0.2, 0.25) is 0 Å². The van der Waals surface area contributed by atoms with Crippen molar-refractivity contribution in [3.05, 3.63) is 40.5 Å². The van der Waals surface area contributed by atoms with Crippen LogP contribution < -0.4 is 11.1 Å². The van der Waals surface area contributed by atoms with E-state index in [0.29, 0.717) is 29.8 Å². The molecule has 1 aromatic heterocycles. The topological polar surface area (TPSA) is 63.3 Å². The molecule has 23 heavy (non-hydrogen) atoms. The van der Waals surface area contributed by atoms with Crippen molar-refractivity contribution >= 4 is 41.3 Å². The standard InChI is InChI=1S/C16H19FN4S.HI/c17-13-8-4-3-7-12(13)14-10-22-15(21-14)9-19-16(18)20-11-5-1-2-6-11;/h3-4,7-8,10-11H,1-2,5-6,9H2,(H3,18,19,20);1H. The van der Waals surface area contributed by atoms with Crippen molar-refractivity contribution in [2.24, 2.45) is 10.7 Å². The number of aliphatic imine (C=N–C) groups is 1. The molecule has 0 saturated heterocycles. The van der Waals surface area contributed by atoms with Gasteiger partial charge in [0.2, 0.25) is 0 Å². The van der Waals surface area contributed by atoms with Gasteiger partial charge in [0.05, 0.1) is 12.2 Å². The fraction of sp³-hybridized carbons (Fsp3) is 0.375. The van der Waals surface area contributed by atoms with Crippen LogP contribution in [0, 0.1) is 5.82 Å². The van der Waals surface area contributed by atoms with Crippen LogP contribution >= 0.6 is 35.3 Å². The highest BCUT2D eigenvalue weighted by Gasteiger charge is 2.15. The van der Waals surface area contributed by atoms with E-state index in [-0.39, 0.29) is 29.8 Å². The summed E-state index contributed by atoms with van der Waals surface area (Å²) in [4.78, 5) is 8.76. The Morgan fingerprint density at radius 3 is 2.83 bits per heavy atom. The summed E-state index contributed by atoms with van der Waals surface area (Å²) in [6, 6.07) is 7.10. The lowest BCUT2D eigenvalue weighted by molar-refractivity contribution is 0.625. The molecule has 1 aliphatic rings. The number of nitrogens with one attached hydrogen (secondary N) is 1. The molecular weight excluding hydrogens is 426 g/mol. The molecular formula is C16H20FIN4S. The summed E-state index contributed by atoms with van der Waals surface area (Å²) in [5.74, 6) is 0.208. The second kappa shape index (κ2) is 8.58. The molecule has 1 heterocycles. The van der Waals surface area contributed by atoms with Gasteiger partial charge in [-0.05, 0) is 25.0 Å². The Bertz CT molecular complexity index is 668. The van der Waals surface area contributed by atoms with Crippen LogP contribution in [0.4, 0.5) is 4.39 Å². The molecule has 1 fully saturated rings. The molecule has 4 nitrogen and oxygen atoms in total. The van der Waals surface area contributed by atoms with E-state index in [0.717, 1.165) is 17.8 Å². The van der Waals surface area contributed by atoms with Gasteiger partial charge in [-0.1, -0.05) is 25.0 Å². The van der Waals surface area contributed by atoms with Gasteiger partial charge >= 0.3 is 0 Å². The summed E-state index contributed by atoms with van der Waals surface area (Å²) in [5.41, 5.74) is 7.07. The minimum atomic E-state index is -0.259. The van der Waals surface area contributed by atoms with E-state index >= 15 is 0 Å². The summed E-state index contributed by atoms with van der Waals surface area (Å²) < 4.78 is 13.7. The average Bonchev–Trinajstić information content (AvgIpc) is 3.17. The molecule has 0 bridgehead atoms. The predicted octanol–water partition coefficient (Wildman–Crippen LogP) is 3.91. The number of nitrogens with zero attached hydrogens (tertiary/aromatic N) is 2. The molecule has 7 heteroatoms. The number of hydrogen-bond acceptors (Lipinski definition) is 3. The monoisotopic (exact) mass is 446 g/mol. The maximum atomic E-state index is 13.7. The van der Waals surface area contributed by atoms with Gasteiger partial charge in [0, 0.05) is 17.0 Å². The van der Waals surface area contributed by atoms with E-state index in [4.69, 9.17) is 5.73 Å². The maximum Gasteiger partial charge on any atom is 0.189 e. The maximum absolute atomic E-state index is 13.7. The van der Waals surface area contributed by atoms with E-state index in [1.165, 1.54) is 30.2 Å². The first-order valence-electron chi connectivity index (χ1n) is 7.48. The fourth-order valence-electron chi connectivity index (χ4n) is 2.65. The zero-order valence-electron chi connectivity index (χ0n) is 12.7. The first-order valence-corrected chi connectivity index (χ1v) is 8.36. The third-order valence-corrected chi connectivity index (χ3v) is 4.63. The number of nitrogens with two attached hydrogens (primary N) is 1. The quantitative estimate of drug-likeness (QED) is 0.425. The summed E-state index contributed by atoms with van der Waals surface area (Å²) in [5, 5.41) is 5.92. The number of rotatable bonds is 4. The van der Waals surface area contributed by atoms with Gasteiger partial charge < -0.3 is 11.1 Å². The Labute approximate surface area is 156 Å². The second-order valence-electron chi connectivity index (χ2n) is 5.43. The molecule has 0 atom stereocenters. The summed E-state index contributed by atoms with van der Waals surface area (Å²) in [7, 11) is 0. The number of thiazole rings is 1. The molecule has 0 aliphatic heterocycles. The Balaban J connectivity index is 0.00000192. The number of aromatic nitrogens is 1. The van der Waals surface area contributed by atoms with Crippen molar-refractivity contribution in [1.29, 1.82) is 0 Å². The van der Waals surface area contributed by atoms with Gasteiger partial charge in [-0.15, -0.1) is 35.3 Å². The smallest absolute Gasteiger partial charge is 0.189 e. The largest absolute Gasteiger partial charge is 0.370 e. The van der Waals surface area contributed by atoms with Crippen molar-refractivity contribution in [3.63, 3.8) is 0 Å². The fourth-order valence-corrected chi connectivity index (χ4v) is 3.37. The molecule has 0 amide bonds. The first-order chi connectivity index (χ1) is 10.7. The molecule has 1 saturated carbocycles. The molecule has 0 spiro atoms. The number of halogens is 2. The Morgan fingerprint density at radius 2 is 2.09 bits per heavy atom. The normalized spacial score (nSPS) is 15.4. The zero-order valence-corrected chi connectivity index (χ0v) is 15.8. The van der Waals surface area contributed by atoms with Gasteiger partial charge in [-0.2, -0.15) is 0 Å². The Kier molecular flexibility index (Phi) is 6.76. The number of hydrogen-bond donors (Lipinski definition) is 2. The predicted molar refractivity (Wildman–Crippen MR) is 104 cm³/mol. The SMILES string of the molecule is I.NC(=NCc1nc(-c2ccccc2F)cs1)NC1CCCC1. The summed E-state index contributed by atoms with van der Waals surface area (Å²) >= 11 is 1.47. The highest BCUT2D eigenvalue weighted by Crippen LogP contribution is 2.24. The molecule has 2 aromatic rings. The highest BCUT2D eigenvalue weighted by molar-refractivity contribution is 14.0. The minimum Gasteiger partial charge on any atom is -0.370 e. The molecule has 1 aromatic carbocycles. The lowest BCUT2D eigenvalue weighted by Gasteiger charge is -2.11. The van der Waals surface area contributed by atoms with E-state index in [9.17, 15) is 4.39 Å². The van der Waals surface area contributed by atoms with Crippen molar-refractivity contribution in [2.45, 2.75) is 38.3 Å². The van der Waals surface area contributed by atoms with E-state index < -0.39 is 0 Å². The molecule has 1 aliphatic carbocycles. The molecule has 0 radical (unpaired) electrons. The average molecular weight is 446 g/mol. The lowest BCUT2D eigenvalue weighted by Crippen LogP contribution is -2.38. The number of benzene rings is 1. The molecule has 0 unspecified atom stereocenters. The van der Waals surface area contributed by atoms with Gasteiger partial charge in [-0.25, -0.2) is 14.4 Å². The summed E-state index contributed by atoms with van der Waals surface area (Å²) in [6.45, 7) is 0.421. The third kappa shape index (κ3) is 4.87. The van der Waals surface area contributed by atoms with Crippen molar-refractivity contribution in [3.8, 4) is 11.3 Å². The van der Waals surface area contributed by atoms with Gasteiger partial charge in [0.15, 0.2) is 5.96 Å². The highest BCUT2D eigenvalue weighted by atomic mass is 127. The molecule has 124 valence electrons. The van der Waals surface area contributed by atoms with Crippen LogP contribution in [0.5, 0.6) is 0 Å². The summed E-state index contributed by atoms with van der Waals surface area (Å²) in [6.07, 6.45) is 4.82. The van der Waals surface area contributed by atoms with Crippen LogP contribution in [0.3, 0.4) is 0 Å². The van der Waals surface area contributed by atoms with Crippen molar-refractivity contribution in [1.82, 2.24) is 10.3 Å². The Morgan fingerprint density at radius 1 is 1.35 bits per heavy atom. The van der Waals surface area contributed by atoms with Gasteiger partial charge in [0.1, 0.15) is 10.8 Å². The van der Waals surface area contributed by atoms with Crippen LogP contribution in [0.25, 0.3) is 11.3 Å². The minimum absolute atomic E-state index is 0. The van der Waals surface area contributed by atoms with Gasteiger partial charge in [-0.3, -0.25) is 0 Å². The van der Waals surface area contributed by atoms with Crippen LogP contribution in [-0.2, 0) is 6.54 Å². The van der Waals surface area contributed by atoms with Crippen LogP contribution in [-0.4, -0.2) is 17.0 Å². The van der Waals surface area contributed by atoms with Crippen molar-refractivity contribution in [2.75, 3.05) is 0 Å². The van der Waals surface area contributed by atoms with E-state index in [1.807, 2.05) is 5.38 Å². The Hall–Kier alpha value is -1.22. The van der Waals surface area contributed by atoms with Crippen molar-refractivity contribution < 1.29 is 4.39 Å². The van der Waals surface area contributed by atoms with Crippen LogP contribution in [0.1, 0.15) is 30.7 Å².